The number of anilines is 2. The van der Waals surface area contributed by atoms with Crippen molar-refractivity contribution in [3.8, 4) is 0 Å². The number of piperazine rings is 1. The van der Waals surface area contributed by atoms with Gasteiger partial charge in [-0.1, -0.05) is 48.7 Å². The lowest BCUT2D eigenvalue weighted by molar-refractivity contribution is 0.191. The van der Waals surface area contributed by atoms with Gasteiger partial charge in [-0.2, -0.15) is 0 Å². The predicted octanol–water partition coefficient (Wildman–Crippen LogP) is 3.11. The molecular weight excluding hydrogens is 358 g/mol. The molecule has 1 fully saturated rings. The zero-order valence-corrected chi connectivity index (χ0v) is 17.1. The van der Waals surface area contributed by atoms with Gasteiger partial charge >= 0.3 is 0 Å². The summed E-state index contributed by atoms with van der Waals surface area (Å²) in [7, 11) is 0. The summed E-state index contributed by atoms with van der Waals surface area (Å²) in [5.74, 6) is 2.78. The van der Waals surface area contributed by atoms with Crippen molar-refractivity contribution >= 4 is 23.6 Å². The van der Waals surface area contributed by atoms with Crippen LogP contribution in [0, 0.1) is 6.92 Å². The topological polar surface area (TPSA) is 64.5 Å². The molecule has 3 rings (SSSR count). The molecule has 7 heteroatoms. The largest absolute Gasteiger partial charge is 0.387 e. The molecule has 1 aliphatic heterocycles. The molecule has 2 aromatic rings. The summed E-state index contributed by atoms with van der Waals surface area (Å²) in [4.78, 5) is 11.1. The normalized spacial score (nSPS) is 19.1. The van der Waals surface area contributed by atoms with Gasteiger partial charge in [0.15, 0.2) is 0 Å². The molecule has 1 aromatic heterocycles. The van der Waals surface area contributed by atoms with Gasteiger partial charge in [0.1, 0.15) is 18.0 Å². The van der Waals surface area contributed by atoms with Gasteiger partial charge < -0.3 is 15.3 Å². The Hall–Kier alpha value is -1.83. The fraction of sp³-hybridized carbons (Fsp3) is 0.500. The average Bonchev–Trinajstić information content (AvgIpc) is 2.68. The lowest BCUT2D eigenvalue weighted by Crippen LogP contribution is -2.49. The van der Waals surface area contributed by atoms with E-state index in [-0.39, 0.29) is 0 Å². The second-order valence-corrected chi connectivity index (χ2v) is 8.23. The smallest absolute Gasteiger partial charge is 0.134 e. The molecule has 0 radical (unpaired) electrons. The molecule has 0 amide bonds. The van der Waals surface area contributed by atoms with E-state index in [9.17, 15) is 5.11 Å². The summed E-state index contributed by atoms with van der Waals surface area (Å²) < 4.78 is 2.45. The molecule has 1 aliphatic rings. The van der Waals surface area contributed by atoms with Crippen molar-refractivity contribution < 1.29 is 5.11 Å². The van der Waals surface area contributed by atoms with Crippen molar-refractivity contribution in [2.45, 2.75) is 32.9 Å². The molecule has 0 bridgehead atoms. The number of rotatable bonds is 7. The SMILES string of the molecule is CCSN1CCN(c2cc(NCC(O)c3ccc(C)cc3)ncn2)CC1C. The van der Waals surface area contributed by atoms with Crippen LogP contribution in [0.3, 0.4) is 0 Å². The number of hydrogen-bond acceptors (Lipinski definition) is 7. The summed E-state index contributed by atoms with van der Waals surface area (Å²) in [5, 5.41) is 13.6. The first-order valence-electron chi connectivity index (χ1n) is 9.52. The number of hydrogen-bond donors (Lipinski definition) is 2. The third kappa shape index (κ3) is 5.34. The molecule has 0 spiro atoms. The first kappa shape index (κ1) is 19.9. The highest BCUT2D eigenvalue weighted by Crippen LogP contribution is 2.23. The quantitative estimate of drug-likeness (QED) is 0.708. The van der Waals surface area contributed by atoms with Crippen molar-refractivity contribution in [1.29, 1.82) is 0 Å². The Balaban J connectivity index is 1.58. The van der Waals surface area contributed by atoms with E-state index >= 15 is 0 Å². The number of aromatic nitrogens is 2. The first-order valence-corrected chi connectivity index (χ1v) is 10.5. The molecule has 2 heterocycles. The lowest BCUT2D eigenvalue weighted by Gasteiger charge is -2.39. The Morgan fingerprint density at radius 2 is 2.04 bits per heavy atom. The molecule has 27 heavy (non-hydrogen) atoms. The minimum absolute atomic E-state index is 0.414. The number of nitrogens with one attached hydrogen (secondary N) is 1. The zero-order chi connectivity index (χ0) is 19.2. The second kappa shape index (κ2) is 9.39. The van der Waals surface area contributed by atoms with Crippen LogP contribution in [-0.2, 0) is 0 Å². The molecular formula is C20H29N5OS. The van der Waals surface area contributed by atoms with Gasteiger partial charge in [0.25, 0.3) is 0 Å². The van der Waals surface area contributed by atoms with Crippen molar-refractivity contribution in [1.82, 2.24) is 14.3 Å². The molecule has 0 aliphatic carbocycles. The van der Waals surface area contributed by atoms with Crippen LogP contribution < -0.4 is 10.2 Å². The van der Waals surface area contributed by atoms with E-state index in [1.165, 1.54) is 5.56 Å². The van der Waals surface area contributed by atoms with Crippen LogP contribution in [-0.4, -0.2) is 57.4 Å². The Labute approximate surface area is 166 Å². The monoisotopic (exact) mass is 387 g/mol. The number of benzene rings is 1. The van der Waals surface area contributed by atoms with Crippen molar-refractivity contribution in [2.75, 3.05) is 42.1 Å². The zero-order valence-electron chi connectivity index (χ0n) is 16.3. The second-order valence-electron chi connectivity index (χ2n) is 6.92. The summed E-state index contributed by atoms with van der Waals surface area (Å²) in [6, 6.07) is 10.4. The molecule has 2 atom stereocenters. The van der Waals surface area contributed by atoms with E-state index in [0.29, 0.717) is 12.6 Å². The van der Waals surface area contributed by atoms with Crippen molar-refractivity contribution in [3.05, 3.63) is 47.8 Å². The van der Waals surface area contributed by atoms with E-state index in [1.807, 2.05) is 49.2 Å². The highest BCUT2D eigenvalue weighted by atomic mass is 32.2. The van der Waals surface area contributed by atoms with Crippen molar-refractivity contribution in [3.63, 3.8) is 0 Å². The molecule has 2 unspecified atom stereocenters. The van der Waals surface area contributed by atoms with Gasteiger partial charge in [-0.05, 0) is 19.4 Å². The predicted molar refractivity (Wildman–Crippen MR) is 113 cm³/mol. The van der Waals surface area contributed by atoms with Crippen LogP contribution in [0.2, 0.25) is 0 Å². The van der Waals surface area contributed by atoms with Crippen LogP contribution in [0.15, 0.2) is 36.7 Å². The molecule has 1 aromatic carbocycles. The van der Waals surface area contributed by atoms with Gasteiger partial charge in [0, 0.05) is 44.0 Å². The maximum Gasteiger partial charge on any atom is 0.134 e. The van der Waals surface area contributed by atoms with Crippen LogP contribution in [0.25, 0.3) is 0 Å². The Kier molecular flexibility index (Phi) is 6.93. The van der Waals surface area contributed by atoms with Crippen LogP contribution in [0.5, 0.6) is 0 Å². The fourth-order valence-electron chi connectivity index (χ4n) is 3.23. The lowest BCUT2D eigenvalue weighted by atomic mass is 10.1. The summed E-state index contributed by atoms with van der Waals surface area (Å²) in [6.07, 6.45) is 1.02. The van der Waals surface area contributed by atoms with E-state index in [4.69, 9.17) is 0 Å². The number of aryl methyl sites for hydroxylation is 1. The summed E-state index contributed by atoms with van der Waals surface area (Å²) in [5.41, 5.74) is 2.09. The third-order valence-electron chi connectivity index (χ3n) is 4.78. The standard InChI is InChI=1S/C20H29N5OS/c1-4-27-25-10-9-24(13-16(25)3)20-11-19(22-14-23-20)21-12-18(26)17-7-5-15(2)6-8-17/h5-8,11,14,16,18,26H,4,9-10,12-13H2,1-3H3,(H,21,22,23). The molecule has 146 valence electrons. The highest BCUT2D eigenvalue weighted by Gasteiger charge is 2.24. The van der Waals surface area contributed by atoms with E-state index in [1.54, 1.807) is 6.33 Å². The van der Waals surface area contributed by atoms with E-state index < -0.39 is 6.10 Å². The minimum atomic E-state index is -0.571. The fourth-order valence-corrected chi connectivity index (χ4v) is 4.09. The van der Waals surface area contributed by atoms with Gasteiger partial charge in [0.2, 0.25) is 0 Å². The Morgan fingerprint density at radius 3 is 2.74 bits per heavy atom. The van der Waals surface area contributed by atoms with Gasteiger partial charge in [-0.3, -0.25) is 0 Å². The minimum Gasteiger partial charge on any atom is -0.387 e. The molecule has 6 nitrogen and oxygen atoms in total. The van der Waals surface area contributed by atoms with E-state index in [2.05, 4.69) is 38.3 Å². The summed E-state index contributed by atoms with van der Waals surface area (Å²) >= 11 is 1.90. The Bertz CT molecular complexity index is 727. The van der Waals surface area contributed by atoms with Crippen LogP contribution >= 0.6 is 11.9 Å². The first-order chi connectivity index (χ1) is 13.1. The Morgan fingerprint density at radius 1 is 1.26 bits per heavy atom. The van der Waals surface area contributed by atoms with Gasteiger partial charge in [-0.15, -0.1) is 0 Å². The van der Waals surface area contributed by atoms with Gasteiger partial charge in [0.05, 0.1) is 6.10 Å². The average molecular weight is 388 g/mol. The molecule has 0 saturated carbocycles. The summed E-state index contributed by atoms with van der Waals surface area (Å²) in [6.45, 7) is 9.84. The van der Waals surface area contributed by atoms with Gasteiger partial charge in [-0.25, -0.2) is 14.3 Å². The molecule has 1 saturated heterocycles. The third-order valence-corrected chi connectivity index (χ3v) is 5.91. The number of aliphatic hydroxyl groups excluding tert-OH is 1. The number of nitrogens with zero attached hydrogens (tertiary/aromatic N) is 4. The van der Waals surface area contributed by atoms with E-state index in [0.717, 1.165) is 42.6 Å². The number of aliphatic hydroxyl groups is 1. The maximum atomic E-state index is 10.4. The highest BCUT2D eigenvalue weighted by molar-refractivity contribution is 7.97. The molecule has 2 N–H and O–H groups in total. The maximum absolute atomic E-state index is 10.4. The van der Waals surface area contributed by atoms with Crippen molar-refractivity contribution in [2.24, 2.45) is 0 Å². The van der Waals surface area contributed by atoms with Crippen LogP contribution in [0.1, 0.15) is 31.1 Å². The van der Waals surface area contributed by atoms with Crippen LogP contribution in [0.4, 0.5) is 11.6 Å².